The topological polar surface area (TPSA) is 55.7 Å². The van der Waals surface area contributed by atoms with Crippen molar-refractivity contribution in [3.05, 3.63) is 89.6 Å². The van der Waals surface area contributed by atoms with Crippen LogP contribution in [0.4, 0.5) is 5.69 Å². The first-order chi connectivity index (χ1) is 14.2. The molecule has 3 N–H and O–H groups in total. The van der Waals surface area contributed by atoms with Crippen molar-refractivity contribution in [2.24, 2.45) is 0 Å². The number of hydrogen-bond donors (Lipinski definition) is 3. The zero-order valence-corrected chi connectivity index (χ0v) is 17.5. The van der Waals surface area contributed by atoms with Crippen LogP contribution >= 0.6 is 10.8 Å². The maximum absolute atomic E-state index is 11.3. The predicted octanol–water partition coefficient (Wildman–Crippen LogP) is 6.11. The second-order valence-corrected chi connectivity index (χ2v) is 9.89. The minimum Gasteiger partial charge on any atom is -0.313 e. The van der Waals surface area contributed by atoms with Gasteiger partial charge < -0.3 is 5.32 Å². The average molecular weight is 411 g/mol. The van der Waals surface area contributed by atoms with E-state index in [9.17, 15) is 9.11 Å². The Morgan fingerprint density at radius 3 is 2.48 bits per heavy atom. The summed E-state index contributed by atoms with van der Waals surface area (Å²) in [6.07, 6.45) is 8.66. The smallest absolute Gasteiger partial charge is 0.0733 e. The zero-order chi connectivity index (χ0) is 20.1. The van der Waals surface area contributed by atoms with Crippen LogP contribution in [0, 0.1) is 0 Å². The van der Waals surface area contributed by atoms with Crippen LogP contribution in [0.3, 0.4) is 0 Å². The molecule has 5 heteroatoms. The summed E-state index contributed by atoms with van der Waals surface area (Å²) in [5, 5.41) is 3.32. The molecule has 154 valence electrons. The Morgan fingerprint density at radius 2 is 1.72 bits per heavy atom. The highest BCUT2D eigenvalue weighted by atomic mass is 32.3. The number of allylic oxidation sites excluding steroid dienone is 4. The molecule has 29 heavy (non-hydrogen) atoms. The van der Waals surface area contributed by atoms with Crippen LogP contribution in [0.1, 0.15) is 37.7 Å². The molecular formula is C24H30N2O2S. The number of benzene rings is 2. The second-order valence-electron chi connectivity index (χ2n) is 7.73. The lowest BCUT2D eigenvalue weighted by Crippen LogP contribution is -2.40. The third-order valence-electron chi connectivity index (χ3n) is 5.69. The van der Waals surface area contributed by atoms with Gasteiger partial charge in [0.1, 0.15) is 0 Å². The highest BCUT2D eigenvalue weighted by Crippen LogP contribution is 2.60. The molecule has 1 heterocycles. The maximum Gasteiger partial charge on any atom is 0.0733 e. The lowest BCUT2D eigenvalue weighted by Gasteiger charge is -2.54. The van der Waals surface area contributed by atoms with Crippen molar-refractivity contribution in [1.82, 2.24) is 5.32 Å². The van der Waals surface area contributed by atoms with Gasteiger partial charge in [-0.15, -0.1) is 10.8 Å². The lowest BCUT2D eigenvalue weighted by molar-refractivity contribution is 0.449. The standard InChI is InChI=1S/C24H30N2O2S/c27-29(28)23(15-9-17-25-19-20-10-3-1-4-11-20)18-21-12-7-8-16-24(21)26(29)22-13-5-2-6-14-22/h1-7,10-14,23,25,27-28H,8-9,15-19H2. The molecule has 1 aliphatic heterocycles. The van der Waals surface area contributed by atoms with Gasteiger partial charge in [-0.3, -0.25) is 9.11 Å². The Hall–Kier alpha value is -2.05. The largest absolute Gasteiger partial charge is 0.313 e. The number of nitrogens with zero attached hydrogens (tertiary/aromatic N) is 1. The molecule has 1 atom stereocenters. The van der Waals surface area contributed by atoms with Crippen molar-refractivity contribution in [1.29, 1.82) is 0 Å². The van der Waals surface area contributed by atoms with Crippen LogP contribution in [0.25, 0.3) is 0 Å². The first-order valence-electron chi connectivity index (χ1n) is 10.4. The van der Waals surface area contributed by atoms with Crippen molar-refractivity contribution < 1.29 is 9.11 Å². The molecule has 2 aromatic carbocycles. The zero-order valence-electron chi connectivity index (χ0n) is 16.7. The molecule has 0 bridgehead atoms. The molecule has 0 fully saturated rings. The molecule has 0 saturated carbocycles. The fourth-order valence-corrected chi connectivity index (χ4v) is 6.36. The van der Waals surface area contributed by atoms with E-state index < -0.39 is 10.8 Å². The molecule has 0 amide bonds. The molecule has 0 saturated heterocycles. The normalized spacial score (nSPS) is 21.7. The van der Waals surface area contributed by atoms with Gasteiger partial charge in [-0.05, 0) is 61.9 Å². The van der Waals surface area contributed by atoms with E-state index in [1.807, 2.05) is 40.7 Å². The van der Waals surface area contributed by atoms with Crippen molar-refractivity contribution >= 4 is 16.5 Å². The van der Waals surface area contributed by atoms with Crippen molar-refractivity contribution in [2.45, 2.75) is 43.9 Å². The van der Waals surface area contributed by atoms with Crippen LogP contribution in [0.15, 0.2) is 84.1 Å². The molecule has 4 nitrogen and oxygen atoms in total. The molecule has 1 aliphatic carbocycles. The van der Waals surface area contributed by atoms with Crippen molar-refractivity contribution in [3.8, 4) is 0 Å². The van der Waals surface area contributed by atoms with Gasteiger partial charge in [-0.2, -0.15) is 0 Å². The Labute approximate surface area is 175 Å². The number of anilines is 1. The fraction of sp³-hybridized carbons (Fsp3) is 0.333. The van der Waals surface area contributed by atoms with Crippen molar-refractivity contribution in [2.75, 3.05) is 10.8 Å². The molecule has 0 aromatic heterocycles. The lowest BCUT2D eigenvalue weighted by atomic mass is 9.97. The van der Waals surface area contributed by atoms with E-state index in [2.05, 4.69) is 41.7 Å². The van der Waals surface area contributed by atoms with E-state index in [1.165, 1.54) is 11.1 Å². The fourth-order valence-electron chi connectivity index (χ4n) is 4.21. The molecule has 2 aromatic rings. The van der Waals surface area contributed by atoms with Crippen LogP contribution in [-0.2, 0) is 6.54 Å². The summed E-state index contributed by atoms with van der Waals surface area (Å²) in [6, 6.07) is 20.2. The minimum absolute atomic E-state index is 0.150. The summed E-state index contributed by atoms with van der Waals surface area (Å²) in [4.78, 5) is 0. The van der Waals surface area contributed by atoms with Gasteiger partial charge in [0.05, 0.1) is 10.9 Å². The highest BCUT2D eigenvalue weighted by Gasteiger charge is 2.40. The number of hydrogen-bond acceptors (Lipinski definition) is 4. The predicted molar refractivity (Wildman–Crippen MR) is 123 cm³/mol. The average Bonchev–Trinajstić information content (AvgIpc) is 2.75. The number of para-hydroxylation sites is 1. The van der Waals surface area contributed by atoms with Gasteiger partial charge in [0.2, 0.25) is 0 Å². The van der Waals surface area contributed by atoms with E-state index in [0.717, 1.165) is 56.6 Å². The summed E-state index contributed by atoms with van der Waals surface area (Å²) >= 11 is 0. The van der Waals surface area contributed by atoms with E-state index in [1.54, 1.807) is 0 Å². The monoisotopic (exact) mass is 410 g/mol. The third kappa shape index (κ3) is 4.59. The number of rotatable bonds is 7. The molecule has 2 aliphatic rings. The van der Waals surface area contributed by atoms with Crippen LogP contribution in [0.5, 0.6) is 0 Å². The first-order valence-corrected chi connectivity index (χ1v) is 12.0. The van der Waals surface area contributed by atoms with Gasteiger partial charge in [-0.25, -0.2) is 4.31 Å². The van der Waals surface area contributed by atoms with Crippen molar-refractivity contribution in [3.63, 3.8) is 0 Å². The van der Waals surface area contributed by atoms with E-state index >= 15 is 0 Å². The van der Waals surface area contributed by atoms with Gasteiger partial charge >= 0.3 is 0 Å². The Bertz CT molecular complexity index is 865. The highest BCUT2D eigenvalue weighted by molar-refractivity contribution is 8.26. The van der Waals surface area contributed by atoms with Gasteiger partial charge in [-0.1, -0.05) is 60.7 Å². The molecule has 1 unspecified atom stereocenters. The Kier molecular flexibility index (Phi) is 6.40. The third-order valence-corrected chi connectivity index (χ3v) is 7.95. The molecule has 0 radical (unpaired) electrons. The Morgan fingerprint density at radius 1 is 1.00 bits per heavy atom. The van der Waals surface area contributed by atoms with E-state index in [-0.39, 0.29) is 5.25 Å². The summed E-state index contributed by atoms with van der Waals surface area (Å²) in [5.41, 5.74) is 4.49. The van der Waals surface area contributed by atoms with E-state index in [0.29, 0.717) is 0 Å². The first kappa shape index (κ1) is 20.2. The summed E-state index contributed by atoms with van der Waals surface area (Å²) in [6.45, 7) is 1.71. The van der Waals surface area contributed by atoms with E-state index in [4.69, 9.17) is 0 Å². The van der Waals surface area contributed by atoms with Crippen LogP contribution in [0.2, 0.25) is 0 Å². The quantitative estimate of drug-likeness (QED) is 0.482. The van der Waals surface area contributed by atoms with Gasteiger partial charge in [0.25, 0.3) is 0 Å². The van der Waals surface area contributed by atoms with Crippen LogP contribution in [-0.4, -0.2) is 20.9 Å². The summed E-state index contributed by atoms with van der Waals surface area (Å²) < 4.78 is 24.5. The maximum atomic E-state index is 11.3. The SMILES string of the molecule is OS1(O)C(CCCNCc2ccccc2)CC2=C(CCC=C2)N1c1ccccc1. The molecule has 0 spiro atoms. The van der Waals surface area contributed by atoms with Gasteiger partial charge in [0, 0.05) is 12.2 Å². The minimum atomic E-state index is -2.91. The summed E-state index contributed by atoms with van der Waals surface area (Å²) in [7, 11) is -2.91. The Balaban J connectivity index is 1.43. The van der Waals surface area contributed by atoms with Crippen LogP contribution < -0.4 is 9.62 Å². The molecule has 4 rings (SSSR count). The van der Waals surface area contributed by atoms with Gasteiger partial charge in [0.15, 0.2) is 0 Å². The molecular weight excluding hydrogens is 380 g/mol. The second kappa shape index (κ2) is 9.18. The summed E-state index contributed by atoms with van der Waals surface area (Å²) in [5.74, 6) is 0. The number of nitrogens with one attached hydrogen (secondary N) is 1.